The van der Waals surface area contributed by atoms with Crippen molar-refractivity contribution in [2.75, 3.05) is 36.0 Å². The van der Waals surface area contributed by atoms with Gasteiger partial charge in [0.2, 0.25) is 0 Å². The quantitative estimate of drug-likeness (QED) is 0.408. The van der Waals surface area contributed by atoms with E-state index in [1.807, 2.05) is 6.92 Å². The van der Waals surface area contributed by atoms with Crippen LogP contribution in [0.25, 0.3) is 0 Å². The number of carbonyl (C=O) groups is 1. The number of unbranched alkanes of at least 4 members (excludes halogenated alkanes) is 2. The summed E-state index contributed by atoms with van der Waals surface area (Å²) < 4.78 is 0. The molecule has 0 amide bonds. The zero-order valence-corrected chi connectivity index (χ0v) is 21.7. The zero-order chi connectivity index (χ0) is 23.8. The summed E-state index contributed by atoms with van der Waals surface area (Å²) in [6.45, 7) is 6.73. The predicted octanol–water partition coefficient (Wildman–Crippen LogP) is 6.56. The summed E-state index contributed by atoms with van der Waals surface area (Å²) in [6.07, 6.45) is 15.8. The average molecular weight is 471 g/mol. The molecule has 0 saturated carbocycles. The third-order valence-corrected chi connectivity index (χ3v) is 9.10. The van der Waals surface area contributed by atoms with E-state index in [4.69, 9.17) is 0 Å². The van der Waals surface area contributed by atoms with Gasteiger partial charge in [-0.15, -0.1) is 0 Å². The maximum atomic E-state index is 12.7. The molecular weight excluding hydrogens is 428 g/mol. The van der Waals surface area contributed by atoms with Gasteiger partial charge >= 0.3 is 0 Å². The summed E-state index contributed by atoms with van der Waals surface area (Å²) in [5.41, 5.74) is 12.2. The van der Waals surface area contributed by atoms with Crippen molar-refractivity contribution in [3.8, 4) is 0 Å². The van der Waals surface area contributed by atoms with Gasteiger partial charge in [-0.25, -0.2) is 0 Å². The molecule has 4 aliphatic rings. The molecule has 0 aromatic heterocycles. The Hall–Kier alpha value is -2.29. The summed E-state index contributed by atoms with van der Waals surface area (Å²) in [5, 5.41) is 0. The van der Waals surface area contributed by atoms with Crippen LogP contribution >= 0.6 is 0 Å². The first-order chi connectivity index (χ1) is 17.2. The number of carbonyl (C=O) groups excluding carboxylic acids is 1. The Morgan fingerprint density at radius 3 is 1.69 bits per heavy atom. The fraction of sp³-hybridized carbons (Fsp3) is 0.594. The minimum absolute atomic E-state index is 0.0769. The highest BCUT2D eigenvalue weighted by Gasteiger charge is 2.27. The normalized spacial score (nSPS) is 19.2. The van der Waals surface area contributed by atoms with Crippen molar-refractivity contribution in [1.82, 2.24) is 0 Å². The van der Waals surface area contributed by atoms with Gasteiger partial charge in [-0.1, -0.05) is 37.1 Å². The Labute approximate surface area is 211 Å². The highest BCUT2D eigenvalue weighted by molar-refractivity contribution is 5.84. The van der Waals surface area contributed by atoms with Gasteiger partial charge in [0.1, 0.15) is 5.78 Å². The Balaban J connectivity index is 1.08. The topological polar surface area (TPSA) is 23.6 Å². The monoisotopic (exact) mass is 470 g/mol. The largest absolute Gasteiger partial charge is 0.371 e. The van der Waals surface area contributed by atoms with E-state index in [0.29, 0.717) is 5.78 Å². The molecule has 0 fully saturated rings. The lowest BCUT2D eigenvalue weighted by atomic mass is 9.83. The lowest BCUT2D eigenvalue weighted by Gasteiger charge is -2.37. The van der Waals surface area contributed by atoms with E-state index in [9.17, 15) is 4.79 Å². The third-order valence-electron chi connectivity index (χ3n) is 9.10. The van der Waals surface area contributed by atoms with Crippen LogP contribution in [0.4, 0.5) is 11.4 Å². The molecule has 3 nitrogen and oxygen atoms in total. The van der Waals surface area contributed by atoms with Crippen LogP contribution in [0.1, 0.15) is 97.6 Å². The molecule has 0 spiro atoms. The smallest absolute Gasteiger partial charge is 0.137 e. The molecular formula is C32H42N2O. The molecule has 0 saturated heterocycles. The van der Waals surface area contributed by atoms with Crippen molar-refractivity contribution in [2.24, 2.45) is 0 Å². The predicted molar refractivity (Wildman–Crippen MR) is 146 cm³/mol. The lowest BCUT2D eigenvalue weighted by Crippen LogP contribution is -2.34. The van der Waals surface area contributed by atoms with Crippen LogP contribution < -0.4 is 9.80 Å². The Morgan fingerprint density at radius 1 is 0.714 bits per heavy atom. The van der Waals surface area contributed by atoms with Gasteiger partial charge in [-0.3, -0.25) is 4.79 Å². The summed E-state index contributed by atoms with van der Waals surface area (Å²) in [5.74, 6) is 0.423. The van der Waals surface area contributed by atoms with E-state index < -0.39 is 0 Å². The van der Waals surface area contributed by atoms with Crippen molar-refractivity contribution in [3.05, 3.63) is 57.6 Å². The molecule has 6 rings (SSSR count). The number of hydrogen-bond acceptors (Lipinski definition) is 3. The number of Topliss-reactive ketones (excluding diaryl/α,β-unsaturated/α-hetero) is 1. The summed E-state index contributed by atoms with van der Waals surface area (Å²) in [7, 11) is 0. The molecule has 4 aliphatic heterocycles. The zero-order valence-electron chi connectivity index (χ0n) is 21.7. The molecule has 2 aromatic carbocycles. The fourth-order valence-electron chi connectivity index (χ4n) is 7.51. The van der Waals surface area contributed by atoms with Crippen molar-refractivity contribution in [2.45, 2.75) is 96.3 Å². The molecule has 0 aliphatic carbocycles. The van der Waals surface area contributed by atoms with Gasteiger partial charge in [0, 0.05) is 43.5 Å². The molecule has 1 atom stereocenters. The molecule has 0 bridgehead atoms. The second kappa shape index (κ2) is 9.99. The van der Waals surface area contributed by atoms with Crippen LogP contribution in [-0.4, -0.2) is 32.0 Å². The molecule has 186 valence electrons. The van der Waals surface area contributed by atoms with Crippen LogP contribution in [0.3, 0.4) is 0 Å². The summed E-state index contributed by atoms with van der Waals surface area (Å²) in [4.78, 5) is 17.9. The molecule has 1 unspecified atom stereocenters. The molecule has 0 radical (unpaired) electrons. The second-order valence-corrected chi connectivity index (χ2v) is 11.6. The van der Waals surface area contributed by atoms with E-state index in [-0.39, 0.29) is 5.92 Å². The van der Waals surface area contributed by atoms with Gasteiger partial charge < -0.3 is 9.80 Å². The van der Waals surface area contributed by atoms with E-state index in [0.717, 1.165) is 12.8 Å². The van der Waals surface area contributed by atoms with Crippen molar-refractivity contribution in [3.63, 3.8) is 0 Å². The van der Waals surface area contributed by atoms with E-state index in [1.165, 1.54) is 119 Å². The van der Waals surface area contributed by atoms with Crippen molar-refractivity contribution in [1.29, 1.82) is 0 Å². The maximum Gasteiger partial charge on any atom is 0.137 e. The average Bonchev–Trinajstić information content (AvgIpc) is 2.86. The standard InChI is InChI=1S/C32H42N2O/c1-23(35)30(29-21-27-12-7-17-34-18-8-13-28(22-29)32(27)34)14-4-2-3-9-24-19-25-10-5-15-33-16-6-11-26(20-24)31(25)33/h19-22,30H,2-18H2,1H3. The molecule has 3 heteroatoms. The van der Waals surface area contributed by atoms with Crippen molar-refractivity contribution < 1.29 is 4.79 Å². The molecule has 0 N–H and O–H groups in total. The van der Waals surface area contributed by atoms with Gasteiger partial charge in [0.25, 0.3) is 0 Å². The molecule has 35 heavy (non-hydrogen) atoms. The number of benzene rings is 2. The third kappa shape index (κ3) is 4.63. The van der Waals surface area contributed by atoms with Gasteiger partial charge in [-0.05, 0) is 111 Å². The Kier molecular flexibility index (Phi) is 6.60. The van der Waals surface area contributed by atoms with Crippen LogP contribution in [0, 0.1) is 0 Å². The van der Waals surface area contributed by atoms with Crippen LogP contribution in [0.2, 0.25) is 0 Å². The maximum absolute atomic E-state index is 12.7. The van der Waals surface area contributed by atoms with E-state index in [2.05, 4.69) is 34.1 Å². The van der Waals surface area contributed by atoms with Gasteiger partial charge in [0.05, 0.1) is 0 Å². The number of nitrogens with zero attached hydrogens (tertiary/aromatic N) is 2. The Morgan fingerprint density at radius 2 is 1.20 bits per heavy atom. The van der Waals surface area contributed by atoms with Crippen LogP contribution in [-0.2, 0) is 36.9 Å². The summed E-state index contributed by atoms with van der Waals surface area (Å²) >= 11 is 0. The molecule has 2 aromatic rings. The van der Waals surface area contributed by atoms with Crippen molar-refractivity contribution >= 4 is 17.2 Å². The highest BCUT2D eigenvalue weighted by Crippen LogP contribution is 2.39. The van der Waals surface area contributed by atoms with Gasteiger partial charge in [0.15, 0.2) is 0 Å². The first-order valence-electron chi connectivity index (χ1n) is 14.5. The van der Waals surface area contributed by atoms with Crippen LogP contribution in [0.5, 0.6) is 0 Å². The first kappa shape index (κ1) is 23.1. The minimum atomic E-state index is 0.0769. The highest BCUT2D eigenvalue weighted by atomic mass is 16.1. The second-order valence-electron chi connectivity index (χ2n) is 11.6. The number of ketones is 1. The van der Waals surface area contributed by atoms with E-state index in [1.54, 1.807) is 22.4 Å². The number of anilines is 2. The molecule has 4 heterocycles. The number of aryl methyl sites for hydroxylation is 5. The summed E-state index contributed by atoms with van der Waals surface area (Å²) in [6, 6.07) is 9.81. The fourth-order valence-corrected chi connectivity index (χ4v) is 7.51. The number of hydrogen-bond donors (Lipinski definition) is 0. The van der Waals surface area contributed by atoms with E-state index >= 15 is 0 Å². The Bertz CT molecular complexity index is 1040. The first-order valence-corrected chi connectivity index (χ1v) is 14.5. The van der Waals surface area contributed by atoms with Crippen LogP contribution in [0.15, 0.2) is 24.3 Å². The SMILES string of the molecule is CC(=O)C(CCCCCc1cc2c3c(c1)CCCN3CCC2)c1cc2c3c(c1)CCCN3CCC2. The van der Waals surface area contributed by atoms with Gasteiger partial charge in [-0.2, -0.15) is 0 Å². The number of rotatable bonds is 8. The lowest BCUT2D eigenvalue weighted by molar-refractivity contribution is -0.118. The minimum Gasteiger partial charge on any atom is -0.371 e.